The molecule has 0 amide bonds. The van der Waals surface area contributed by atoms with Gasteiger partial charge in [0.25, 0.3) is 0 Å². The van der Waals surface area contributed by atoms with E-state index >= 15 is 0 Å². The SMILES string of the molecule is CCC1CCC(O)(c2cc(F)ccc2OC)CC1. The normalized spacial score (nSPS) is 28.1. The van der Waals surface area contributed by atoms with Crippen LogP contribution in [0.2, 0.25) is 0 Å². The summed E-state index contributed by atoms with van der Waals surface area (Å²) in [6.07, 6.45) is 4.51. The van der Waals surface area contributed by atoms with Crippen LogP contribution in [-0.2, 0) is 5.60 Å². The minimum absolute atomic E-state index is 0.322. The smallest absolute Gasteiger partial charge is 0.125 e. The minimum atomic E-state index is -0.931. The van der Waals surface area contributed by atoms with Crippen molar-refractivity contribution in [3.8, 4) is 5.75 Å². The Kier molecular flexibility index (Phi) is 3.91. The molecule has 0 aliphatic heterocycles. The lowest BCUT2D eigenvalue weighted by atomic mass is 9.74. The van der Waals surface area contributed by atoms with E-state index in [0.29, 0.717) is 30.1 Å². The fourth-order valence-electron chi connectivity index (χ4n) is 2.88. The van der Waals surface area contributed by atoms with Gasteiger partial charge in [-0.25, -0.2) is 4.39 Å². The van der Waals surface area contributed by atoms with Gasteiger partial charge in [-0.1, -0.05) is 13.3 Å². The minimum Gasteiger partial charge on any atom is -0.496 e. The summed E-state index contributed by atoms with van der Waals surface area (Å²) in [4.78, 5) is 0. The molecule has 0 radical (unpaired) electrons. The molecule has 1 aromatic carbocycles. The van der Waals surface area contributed by atoms with E-state index in [4.69, 9.17) is 4.74 Å². The Morgan fingerprint density at radius 1 is 1.39 bits per heavy atom. The van der Waals surface area contributed by atoms with E-state index < -0.39 is 5.60 Å². The van der Waals surface area contributed by atoms with Crippen molar-refractivity contribution in [2.45, 2.75) is 44.6 Å². The lowest BCUT2D eigenvalue weighted by Gasteiger charge is -2.36. The average molecular weight is 252 g/mol. The van der Waals surface area contributed by atoms with Crippen LogP contribution in [0.25, 0.3) is 0 Å². The molecule has 18 heavy (non-hydrogen) atoms. The highest BCUT2D eigenvalue weighted by Crippen LogP contribution is 2.43. The fraction of sp³-hybridized carbons (Fsp3) is 0.600. The molecule has 2 nitrogen and oxygen atoms in total. The molecule has 1 aliphatic rings. The zero-order valence-electron chi connectivity index (χ0n) is 11.1. The van der Waals surface area contributed by atoms with Crippen molar-refractivity contribution in [1.29, 1.82) is 0 Å². The fourth-order valence-corrected chi connectivity index (χ4v) is 2.88. The van der Waals surface area contributed by atoms with Gasteiger partial charge in [-0.05, 0) is 49.8 Å². The van der Waals surface area contributed by atoms with E-state index in [1.165, 1.54) is 12.1 Å². The molecule has 1 aromatic rings. The van der Waals surface area contributed by atoms with Crippen LogP contribution in [-0.4, -0.2) is 12.2 Å². The largest absolute Gasteiger partial charge is 0.496 e. The molecular weight excluding hydrogens is 231 g/mol. The third-order valence-electron chi connectivity index (χ3n) is 4.17. The molecule has 0 saturated heterocycles. The Labute approximate surface area is 108 Å². The summed E-state index contributed by atoms with van der Waals surface area (Å²) in [6, 6.07) is 4.36. The predicted molar refractivity (Wildman–Crippen MR) is 69.1 cm³/mol. The van der Waals surface area contributed by atoms with Crippen LogP contribution in [0.15, 0.2) is 18.2 Å². The molecule has 0 spiro atoms. The molecule has 0 heterocycles. The molecule has 0 bridgehead atoms. The molecule has 2 rings (SSSR count). The summed E-state index contributed by atoms with van der Waals surface area (Å²) < 4.78 is 18.6. The van der Waals surface area contributed by atoms with Crippen molar-refractivity contribution in [2.24, 2.45) is 5.92 Å². The van der Waals surface area contributed by atoms with Gasteiger partial charge in [-0.15, -0.1) is 0 Å². The Morgan fingerprint density at radius 3 is 2.61 bits per heavy atom. The maximum Gasteiger partial charge on any atom is 0.125 e. The van der Waals surface area contributed by atoms with Gasteiger partial charge in [0.15, 0.2) is 0 Å². The van der Waals surface area contributed by atoms with Crippen LogP contribution in [0.3, 0.4) is 0 Å². The van der Waals surface area contributed by atoms with Crippen LogP contribution < -0.4 is 4.74 Å². The van der Waals surface area contributed by atoms with Crippen molar-refractivity contribution in [3.63, 3.8) is 0 Å². The van der Waals surface area contributed by atoms with Crippen LogP contribution in [0.1, 0.15) is 44.6 Å². The van der Waals surface area contributed by atoms with Gasteiger partial charge in [0.1, 0.15) is 11.6 Å². The van der Waals surface area contributed by atoms with Crippen molar-refractivity contribution >= 4 is 0 Å². The van der Waals surface area contributed by atoms with E-state index in [0.717, 1.165) is 19.3 Å². The summed E-state index contributed by atoms with van der Waals surface area (Å²) in [6.45, 7) is 2.18. The summed E-state index contributed by atoms with van der Waals surface area (Å²) in [5.74, 6) is 0.940. The highest BCUT2D eigenvalue weighted by atomic mass is 19.1. The second-order valence-electron chi connectivity index (χ2n) is 5.23. The number of methoxy groups -OCH3 is 1. The van der Waals surface area contributed by atoms with Gasteiger partial charge >= 0.3 is 0 Å². The van der Waals surface area contributed by atoms with Gasteiger partial charge in [-0.3, -0.25) is 0 Å². The lowest BCUT2D eigenvalue weighted by Crippen LogP contribution is -2.32. The molecule has 0 aromatic heterocycles. The first kappa shape index (κ1) is 13.3. The van der Waals surface area contributed by atoms with E-state index in [9.17, 15) is 9.50 Å². The van der Waals surface area contributed by atoms with Gasteiger partial charge in [0.2, 0.25) is 0 Å². The standard InChI is InChI=1S/C15H21FO2/c1-3-11-6-8-15(17,9-7-11)13-10-12(16)4-5-14(13)18-2/h4-5,10-11,17H,3,6-9H2,1-2H3. The molecule has 0 unspecified atom stereocenters. The van der Waals surface area contributed by atoms with Crippen molar-refractivity contribution < 1.29 is 14.2 Å². The second kappa shape index (κ2) is 5.27. The summed E-state index contributed by atoms with van der Waals surface area (Å²) in [5, 5.41) is 10.7. The van der Waals surface area contributed by atoms with Crippen molar-refractivity contribution in [2.75, 3.05) is 7.11 Å². The molecule has 3 heteroatoms. The van der Waals surface area contributed by atoms with E-state index in [1.54, 1.807) is 13.2 Å². The third kappa shape index (κ3) is 2.51. The molecule has 1 N–H and O–H groups in total. The first-order valence-corrected chi connectivity index (χ1v) is 6.65. The first-order valence-electron chi connectivity index (χ1n) is 6.65. The summed E-state index contributed by atoms with van der Waals surface area (Å²) in [5.41, 5.74) is -0.335. The highest BCUT2D eigenvalue weighted by Gasteiger charge is 2.36. The summed E-state index contributed by atoms with van der Waals surface area (Å²) >= 11 is 0. The number of hydrogen-bond acceptors (Lipinski definition) is 2. The first-order chi connectivity index (χ1) is 8.59. The molecule has 1 saturated carbocycles. The van der Waals surface area contributed by atoms with Crippen molar-refractivity contribution in [3.05, 3.63) is 29.6 Å². The number of rotatable bonds is 3. The number of halogens is 1. The number of aliphatic hydroxyl groups is 1. The second-order valence-corrected chi connectivity index (χ2v) is 5.23. The zero-order chi connectivity index (χ0) is 13.2. The van der Waals surface area contributed by atoms with E-state index in [2.05, 4.69) is 6.92 Å². The molecule has 100 valence electrons. The van der Waals surface area contributed by atoms with Gasteiger partial charge in [0.05, 0.1) is 12.7 Å². The number of benzene rings is 1. The van der Waals surface area contributed by atoms with E-state index in [-0.39, 0.29) is 5.82 Å². The Bertz CT molecular complexity index is 409. The quantitative estimate of drug-likeness (QED) is 0.890. The monoisotopic (exact) mass is 252 g/mol. The van der Waals surface area contributed by atoms with Crippen LogP contribution in [0.4, 0.5) is 4.39 Å². The van der Waals surface area contributed by atoms with Gasteiger partial charge in [0, 0.05) is 5.56 Å². The summed E-state index contributed by atoms with van der Waals surface area (Å²) in [7, 11) is 1.55. The molecule has 0 atom stereocenters. The topological polar surface area (TPSA) is 29.5 Å². The van der Waals surface area contributed by atoms with Gasteiger partial charge in [-0.2, -0.15) is 0 Å². The maximum absolute atomic E-state index is 13.4. The van der Waals surface area contributed by atoms with Crippen LogP contribution >= 0.6 is 0 Å². The average Bonchev–Trinajstić information content (AvgIpc) is 2.39. The van der Waals surface area contributed by atoms with Gasteiger partial charge < -0.3 is 9.84 Å². The number of ether oxygens (including phenoxy) is 1. The Hall–Kier alpha value is -1.09. The Morgan fingerprint density at radius 2 is 2.06 bits per heavy atom. The highest BCUT2D eigenvalue weighted by molar-refractivity contribution is 5.38. The third-order valence-corrected chi connectivity index (χ3v) is 4.17. The van der Waals surface area contributed by atoms with Crippen LogP contribution in [0, 0.1) is 11.7 Å². The lowest BCUT2D eigenvalue weighted by molar-refractivity contribution is -0.0165. The number of hydrogen-bond donors (Lipinski definition) is 1. The molecular formula is C15H21FO2. The van der Waals surface area contributed by atoms with E-state index in [1.807, 2.05) is 0 Å². The van der Waals surface area contributed by atoms with Crippen LogP contribution in [0.5, 0.6) is 5.75 Å². The zero-order valence-corrected chi connectivity index (χ0v) is 11.1. The molecule has 1 fully saturated rings. The Balaban J connectivity index is 2.27. The van der Waals surface area contributed by atoms with Crippen molar-refractivity contribution in [1.82, 2.24) is 0 Å². The molecule has 1 aliphatic carbocycles. The predicted octanol–water partition coefficient (Wildman–Crippen LogP) is 3.62. The maximum atomic E-state index is 13.4.